The molecule has 0 radical (unpaired) electrons. The van der Waals surface area contributed by atoms with Crippen LogP contribution < -0.4 is 5.32 Å². The molecular formula is C14H14ClN3S. The van der Waals surface area contributed by atoms with Crippen molar-refractivity contribution in [2.45, 2.75) is 28.7 Å². The minimum atomic E-state index is 0.541. The molecule has 1 fully saturated rings. The zero-order valence-corrected chi connectivity index (χ0v) is 12.1. The first-order chi connectivity index (χ1) is 9.26. The molecule has 1 aliphatic rings. The highest BCUT2D eigenvalue weighted by Gasteiger charge is 2.27. The molecule has 3 rings (SSSR count). The lowest BCUT2D eigenvalue weighted by molar-refractivity contribution is 0.880. The molecule has 2 aromatic rings. The summed E-state index contributed by atoms with van der Waals surface area (Å²) in [4.78, 5) is 10.2. The molecule has 1 aromatic heterocycles. The SMILES string of the molecule is CNc1cc(Sc2ccccc2Cl)nc(C2CC2)n1. The molecule has 0 saturated heterocycles. The molecule has 5 heteroatoms. The average Bonchev–Trinajstić information content (AvgIpc) is 3.25. The minimum absolute atomic E-state index is 0.541. The largest absolute Gasteiger partial charge is 0.373 e. The fourth-order valence-corrected chi connectivity index (χ4v) is 2.89. The Balaban J connectivity index is 1.91. The summed E-state index contributed by atoms with van der Waals surface area (Å²) in [6.45, 7) is 0. The highest BCUT2D eigenvalue weighted by atomic mass is 35.5. The van der Waals surface area contributed by atoms with Crippen LogP contribution in [0.15, 0.2) is 40.3 Å². The van der Waals surface area contributed by atoms with Crippen LogP contribution in [-0.4, -0.2) is 17.0 Å². The van der Waals surface area contributed by atoms with Crippen molar-refractivity contribution in [1.29, 1.82) is 0 Å². The molecule has 1 N–H and O–H groups in total. The molecule has 19 heavy (non-hydrogen) atoms. The molecule has 0 bridgehead atoms. The second-order valence-electron chi connectivity index (χ2n) is 4.51. The number of nitrogens with zero attached hydrogens (tertiary/aromatic N) is 2. The van der Waals surface area contributed by atoms with Gasteiger partial charge in [0.05, 0.1) is 5.02 Å². The summed E-state index contributed by atoms with van der Waals surface area (Å²) in [5, 5.41) is 4.79. The molecule has 98 valence electrons. The van der Waals surface area contributed by atoms with Gasteiger partial charge in [0.15, 0.2) is 0 Å². The monoisotopic (exact) mass is 291 g/mol. The normalized spacial score (nSPS) is 14.4. The van der Waals surface area contributed by atoms with E-state index in [1.165, 1.54) is 12.8 Å². The van der Waals surface area contributed by atoms with Gasteiger partial charge in [0.1, 0.15) is 16.7 Å². The van der Waals surface area contributed by atoms with E-state index < -0.39 is 0 Å². The van der Waals surface area contributed by atoms with Gasteiger partial charge < -0.3 is 5.32 Å². The summed E-state index contributed by atoms with van der Waals surface area (Å²) >= 11 is 7.76. The Kier molecular flexibility index (Phi) is 3.62. The predicted molar refractivity (Wildman–Crippen MR) is 79.1 cm³/mol. The van der Waals surface area contributed by atoms with Crippen molar-refractivity contribution in [3.05, 3.63) is 41.2 Å². The molecule has 0 atom stereocenters. The van der Waals surface area contributed by atoms with E-state index in [1.54, 1.807) is 11.8 Å². The minimum Gasteiger partial charge on any atom is -0.373 e. The van der Waals surface area contributed by atoms with Crippen molar-refractivity contribution in [1.82, 2.24) is 9.97 Å². The first-order valence-corrected chi connectivity index (χ1v) is 7.45. The van der Waals surface area contributed by atoms with Crippen LogP contribution in [0, 0.1) is 0 Å². The summed E-state index contributed by atoms with van der Waals surface area (Å²) in [6.07, 6.45) is 2.40. The highest BCUT2D eigenvalue weighted by Crippen LogP contribution is 2.40. The summed E-state index contributed by atoms with van der Waals surface area (Å²) in [5.74, 6) is 2.35. The maximum Gasteiger partial charge on any atom is 0.135 e. The van der Waals surface area contributed by atoms with Crippen molar-refractivity contribution >= 4 is 29.2 Å². The summed E-state index contributed by atoms with van der Waals surface area (Å²) < 4.78 is 0. The topological polar surface area (TPSA) is 37.8 Å². The van der Waals surface area contributed by atoms with Gasteiger partial charge in [-0.25, -0.2) is 9.97 Å². The van der Waals surface area contributed by atoms with Crippen LogP contribution in [0.25, 0.3) is 0 Å². The van der Waals surface area contributed by atoms with Crippen LogP contribution in [0.5, 0.6) is 0 Å². The number of anilines is 1. The Labute approximate surface area is 121 Å². The lowest BCUT2D eigenvalue weighted by atomic mass is 10.4. The molecule has 1 aromatic carbocycles. The number of rotatable bonds is 4. The van der Waals surface area contributed by atoms with Crippen molar-refractivity contribution in [2.24, 2.45) is 0 Å². The van der Waals surface area contributed by atoms with E-state index in [-0.39, 0.29) is 0 Å². The molecule has 0 aliphatic heterocycles. The van der Waals surface area contributed by atoms with E-state index in [4.69, 9.17) is 11.6 Å². The Hall–Kier alpha value is -1.26. The maximum absolute atomic E-state index is 6.18. The molecule has 1 saturated carbocycles. The standard InChI is InChI=1S/C14H14ClN3S/c1-16-12-8-13(18-14(17-12)9-6-7-9)19-11-5-3-2-4-10(11)15/h2-5,8-9H,6-7H2,1H3,(H,16,17,18). The summed E-state index contributed by atoms with van der Waals surface area (Å²) in [5.41, 5.74) is 0. The van der Waals surface area contributed by atoms with Gasteiger partial charge in [-0.2, -0.15) is 0 Å². The van der Waals surface area contributed by atoms with E-state index in [2.05, 4.69) is 15.3 Å². The Morgan fingerprint density at radius 3 is 2.74 bits per heavy atom. The van der Waals surface area contributed by atoms with Gasteiger partial charge in [0, 0.05) is 23.9 Å². The third kappa shape index (κ3) is 3.01. The number of halogens is 1. The van der Waals surface area contributed by atoms with Crippen LogP contribution in [-0.2, 0) is 0 Å². The number of nitrogens with one attached hydrogen (secondary N) is 1. The van der Waals surface area contributed by atoms with Crippen LogP contribution >= 0.6 is 23.4 Å². The zero-order chi connectivity index (χ0) is 13.2. The van der Waals surface area contributed by atoms with Crippen molar-refractivity contribution in [3.8, 4) is 0 Å². The Morgan fingerprint density at radius 1 is 1.26 bits per heavy atom. The summed E-state index contributed by atoms with van der Waals surface area (Å²) in [6, 6.07) is 9.77. The van der Waals surface area contributed by atoms with E-state index in [9.17, 15) is 0 Å². The van der Waals surface area contributed by atoms with Gasteiger partial charge in [-0.05, 0) is 25.0 Å². The third-order valence-corrected chi connectivity index (χ3v) is 4.41. The van der Waals surface area contributed by atoms with Crippen LogP contribution in [0.4, 0.5) is 5.82 Å². The Bertz CT molecular complexity index is 599. The molecule has 0 unspecified atom stereocenters. The van der Waals surface area contributed by atoms with Crippen molar-refractivity contribution in [3.63, 3.8) is 0 Å². The number of aromatic nitrogens is 2. The predicted octanol–water partition coefficient (Wildman–Crippen LogP) is 4.20. The summed E-state index contributed by atoms with van der Waals surface area (Å²) in [7, 11) is 1.88. The van der Waals surface area contributed by atoms with E-state index in [1.807, 2.05) is 37.4 Å². The van der Waals surface area contributed by atoms with Gasteiger partial charge in [-0.3, -0.25) is 0 Å². The van der Waals surface area contributed by atoms with Crippen molar-refractivity contribution in [2.75, 3.05) is 12.4 Å². The van der Waals surface area contributed by atoms with Gasteiger partial charge in [-0.1, -0.05) is 35.5 Å². The number of hydrogen-bond donors (Lipinski definition) is 1. The molecular weight excluding hydrogens is 278 g/mol. The van der Waals surface area contributed by atoms with Crippen LogP contribution in [0.2, 0.25) is 5.02 Å². The van der Waals surface area contributed by atoms with E-state index in [0.717, 1.165) is 26.6 Å². The van der Waals surface area contributed by atoms with Crippen molar-refractivity contribution < 1.29 is 0 Å². The first-order valence-electron chi connectivity index (χ1n) is 6.25. The van der Waals surface area contributed by atoms with Gasteiger partial charge in [-0.15, -0.1) is 0 Å². The zero-order valence-electron chi connectivity index (χ0n) is 10.6. The van der Waals surface area contributed by atoms with E-state index >= 15 is 0 Å². The molecule has 0 spiro atoms. The fraction of sp³-hybridized carbons (Fsp3) is 0.286. The maximum atomic E-state index is 6.18. The molecule has 1 heterocycles. The average molecular weight is 292 g/mol. The number of hydrogen-bond acceptors (Lipinski definition) is 4. The number of benzene rings is 1. The van der Waals surface area contributed by atoms with Crippen LogP contribution in [0.3, 0.4) is 0 Å². The first kappa shape index (κ1) is 12.8. The highest BCUT2D eigenvalue weighted by molar-refractivity contribution is 7.99. The lowest BCUT2D eigenvalue weighted by Gasteiger charge is -2.07. The lowest BCUT2D eigenvalue weighted by Crippen LogP contribution is -2.00. The van der Waals surface area contributed by atoms with E-state index in [0.29, 0.717) is 5.92 Å². The van der Waals surface area contributed by atoms with Gasteiger partial charge in [0.2, 0.25) is 0 Å². The molecule has 0 amide bonds. The second kappa shape index (κ2) is 5.39. The molecule has 1 aliphatic carbocycles. The quantitative estimate of drug-likeness (QED) is 0.857. The fourth-order valence-electron chi connectivity index (χ4n) is 1.79. The Morgan fingerprint density at radius 2 is 2.05 bits per heavy atom. The second-order valence-corrected chi connectivity index (χ2v) is 5.98. The third-order valence-electron chi connectivity index (χ3n) is 2.97. The van der Waals surface area contributed by atoms with Gasteiger partial charge in [0.25, 0.3) is 0 Å². The smallest absolute Gasteiger partial charge is 0.135 e. The molecule has 3 nitrogen and oxygen atoms in total. The van der Waals surface area contributed by atoms with Gasteiger partial charge >= 0.3 is 0 Å². The van der Waals surface area contributed by atoms with Crippen LogP contribution in [0.1, 0.15) is 24.6 Å².